The molecule has 0 saturated carbocycles. The maximum absolute atomic E-state index is 13.4. The second-order valence-electron chi connectivity index (χ2n) is 8.27. The van der Waals surface area contributed by atoms with Crippen LogP contribution in [0.5, 0.6) is 0 Å². The summed E-state index contributed by atoms with van der Waals surface area (Å²) in [5.41, 5.74) is 5.90. The highest BCUT2D eigenvalue weighted by atomic mass is 32.1. The number of rotatable bonds is 7. The van der Waals surface area contributed by atoms with Gasteiger partial charge in [-0.1, -0.05) is 31.2 Å². The second-order valence-corrected chi connectivity index (χ2v) is 9.30. The number of nitrogens with zero attached hydrogens (tertiary/aromatic N) is 4. The Balaban J connectivity index is 2.07. The first kappa shape index (κ1) is 26.0. The van der Waals surface area contributed by atoms with Gasteiger partial charge < -0.3 is 11.1 Å². The van der Waals surface area contributed by atoms with Crippen LogP contribution >= 0.6 is 11.3 Å². The van der Waals surface area contributed by atoms with Gasteiger partial charge in [-0.2, -0.15) is 5.26 Å². The van der Waals surface area contributed by atoms with E-state index in [1.54, 1.807) is 12.1 Å². The Kier molecular flexibility index (Phi) is 7.17. The lowest BCUT2D eigenvalue weighted by molar-refractivity contribution is -0.385. The Labute approximate surface area is 218 Å². The molecule has 1 aliphatic rings. The smallest absolute Gasteiger partial charge is 0.274 e. The van der Waals surface area contributed by atoms with Crippen molar-refractivity contribution in [1.29, 1.82) is 5.26 Å². The predicted molar refractivity (Wildman–Crippen MR) is 140 cm³/mol. The number of thiazole rings is 1. The monoisotopic (exact) mass is 532 g/mol. The molecule has 0 saturated heterocycles. The molecule has 4 rings (SSSR count). The zero-order valence-corrected chi connectivity index (χ0v) is 20.7. The van der Waals surface area contributed by atoms with E-state index >= 15 is 0 Å². The van der Waals surface area contributed by atoms with E-state index in [9.17, 15) is 35.1 Å². The van der Waals surface area contributed by atoms with E-state index in [2.05, 4.69) is 5.32 Å². The average molecular weight is 533 g/mol. The Bertz CT molecular complexity index is 1750. The van der Waals surface area contributed by atoms with Gasteiger partial charge in [0.1, 0.15) is 10.5 Å². The lowest BCUT2D eigenvalue weighted by Crippen LogP contribution is -2.42. The van der Waals surface area contributed by atoms with Crippen LogP contribution in [0.4, 0.5) is 11.4 Å². The number of carbonyl (C=O) groups excluding carboxylic acids is 1. The first-order valence-electron chi connectivity index (χ1n) is 11.3. The molecule has 0 aliphatic carbocycles. The standard InChI is InChI=1S/C25H20N6O6S/c1-2-9-28-23(32)21-20(15-6-4-8-17(12-15)31(36)37)18(13-26)22(27)29-24(33)19(38-25(21)29)11-14-5-3-7-16(10-14)30(34)35/h3-8,10-12,20H,2,9,27H2,1H3,(H,28,32)/b19-11+. The number of aromatic nitrogens is 1. The molecular weight excluding hydrogens is 512 g/mol. The molecule has 192 valence electrons. The molecule has 1 aromatic heterocycles. The number of benzene rings is 2. The van der Waals surface area contributed by atoms with Crippen molar-refractivity contribution in [2.75, 3.05) is 6.54 Å². The molecule has 1 amide bonds. The Morgan fingerprint density at radius 1 is 1.18 bits per heavy atom. The quantitative estimate of drug-likeness (QED) is 0.339. The van der Waals surface area contributed by atoms with Crippen molar-refractivity contribution in [2.24, 2.45) is 5.73 Å². The number of allylic oxidation sites excluding steroid dienone is 1. The number of nitro benzene ring substituents is 2. The van der Waals surface area contributed by atoms with Crippen LogP contribution in [0.1, 0.15) is 30.4 Å². The molecule has 1 unspecified atom stereocenters. The van der Waals surface area contributed by atoms with Crippen LogP contribution < -0.4 is 25.8 Å². The molecule has 0 spiro atoms. The highest BCUT2D eigenvalue weighted by Crippen LogP contribution is 2.37. The van der Waals surface area contributed by atoms with Gasteiger partial charge in [0.15, 0.2) is 0 Å². The third-order valence-electron chi connectivity index (χ3n) is 5.84. The summed E-state index contributed by atoms with van der Waals surface area (Å²) in [4.78, 5) is 48.3. The molecule has 3 aromatic rings. The summed E-state index contributed by atoms with van der Waals surface area (Å²) in [5.74, 6) is -1.83. The molecule has 0 fully saturated rings. The van der Waals surface area contributed by atoms with Gasteiger partial charge in [-0.15, -0.1) is 11.3 Å². The van der Waals surface area contributed by atoms with Crippen LogP contribution in [0, 0.1) is 31.6 Å². The van der Waals surface area contributed by atoms with Crippen molar-refractivity contribution in [3.63, 3.8) is 0 Å². The fourth-order valence-electron chi connectivity index (χ4n) is 4.13. The minimum Gasteiger partial charge on any atom is -0.384 e. The zero-order chi connectivity index (χ0) is 27.6. The number of fused-ring (bicyclic) bond motifs is 1. The molecule has 0 radical (unpaired) electrons. The van der Waals surface area contributed by atoms with Crippen molar-refractivity contribution in [1.82, 2.24) is 9.88 Å². The Morgan fingerprint density at radius 2 is 1.84 bits per heavy atom. The molecule has 1 atom stereocenters. The zero-order valence-electron chi connectivity index (χ0n) is 19.9. The van der Waals surface area contributed by atoms with E-state index in [-0.39, 0.29) is 43.1 Å². The molecule has 0 bridgehead atoms. The fraction of sp³-hybridized carbons (Fsp3) is 0.160. The van der Waals surface area contributed by atoms with E-state index in [1.165, 1.54) is 42.5 Å². The van der Waals surface area contributed by atoms with E-state index in [0.29, 0.717) is 18.5 Å². The van der Waals surface area contributed by atoms with Crippen LogP contribution in [0.2, 0.25) is 0 Å². The number of nitriles is 1. The summed E-state index contributed by atoms with van der Waals surface area (Å²) < 4.78 is 1.36. The van der Waals surface area contributed by atoms with Crippen LogP contribution in [-0.4, -0.2) is 26.9 Å². The first-order chi connectivity index (χ1) is 18.2. The lowest BCUT2D eigenvalue weighted by atomic mass is 9.83. The highest BCUT2D eigenvalue weighted by molar-refractivity contribution is 7.07. The van der Waals surface area contributed by atoms with E-state index in [4.69, 9.17) is 5.73 Å². The molecule has 38 heavy (non-hydrogen) atoms. The van der Waals surface area contributed by atoms with Crippen LogP contribution in [-0.2, 0) is 4.79 Å². The summed E-state index contributed by atoms with van der Waals surface area (Å²) in [6.07, 6.45) is 2.06. The van der Waals surface area contributed by atoms with Crippen molar-refractivity contribution in [2.45, 2.75) is 19.3 Å². The minimum atomic E-state index is -1.07. The van der Waals surface area contributed by atoms with Gasteiger partial charge in [0.2, 0.25) is 0 Å². The third-order valence-corrected chi connectivity index (χ3v) is 6.95. The number of carbonyl (C=O) groups is 1. The van der Waals surface area contributed by atoms with Gasteiger partial charge in [0.05, 0.1) is 37.5 Å². The van der Waals surface area contributed by atoms with Gasteiger partial charge >= 0.3 is 0 Å². The largest absolute Gasteiger partial charge is 0.384 e. The Morgan fingerprint density at radius 3 is 2.47 bits per heavy atom. The molecule has 3 N–H and O–H groups in total. The molecule has 13 heteroatoms. The van der Waals surface area contributed by atoms with Crippen LogP contribution in [0.25, 0.3) is 17.5 Å². The number of amides is 1. The summed E-state index contributed by atoms with van der Waals surface area (Å²) in [6, 6.07) is 13.2. The summed E-state index contributed by atoms with van der Waals surface area (Å²) in [6.45, 7) is 2.17. The van der Waals surface area contributed by atoms with Crippen molar-refractivity contribution < 1.29 is 14.6 Å². The Hall–Kier alpha value is -5.09. The fourth-order valence-corrected chi connectivity index (χ4v) is 5.31. The van der Waals surface area contributed by atoms with E-state index < -0.39 is 27.2 Å². The number of hydrogen-bond acceptors (Lipinski definition) is 9. The van der Waals surface area contributed by atoms with Gasteiger partial charge in [-0.05, 0) is 23.6 Å². The van der Waals surface area contributed by atoms with Crippen molar-refractivity contribution >= 4 is 46.1 Å². The number of nitrogens with two attached hydrogens (primary N) is 1. The topological polar surface area (TPSA) is 187 Å². The third kappa shape index (κ3) is 4.67. The number of hydrogen-bond donors (Lipinski definition) is 2. The van der Waals surface area contributed by atoms with E-state index in [1.807, 2.05) is 13.0 Å². The maximum Gasteiger partial charge on any atom is 0.274 e. The van der Waals surface area contributed by atoms with E-state index in [0.717, 1.165) is 15.9 Å². The molecule has 12 nitrogen and oxygen atoms in total. The summed E-state index contributed by atoms with van der Waals surface area (Å²) in [5, 5.41) is 35.4. The van der Waals surface area contributed by atoms with Gasteiger partial charge in [-0.25, -0.2) is 0 Å². The minimum absolute atomic E-state index is 0.0468. The predicted octanol–water partition coefficient (Wildman–Crippen LogP) is 1.68. The van der Waals surface area contributed by atoms with Gasteiger partial charge in [-0.3, -0.25) is 34.4 Å². The van der Waals surface area contributed by atoms with Crippen molar-refractivity contribution in [3.8, 4) is 6.07 Å². The van der Waals surface area contributed by atoms with Crippen molar-refractivity contribution in [3.05, 3.63) is 105 Å². The molecular formula is C25H20N6O6S. The van der Waals surface area contributed by atoms with Gasteiger partial charge in [0.25, 0.3) is 22.8 Å². The van der Waals surface area contributed by atoms with Gasteiger partial charge in [0, 0.05) is 30.8 Å². The lowest BCUT2D eigenvalue weighted by Gasteiger charge is -2.25. The SMILES string of the molecule is CCCNC(=O)C1=c2s/c(=C/c3cccc([N+](=O)[O-])c3)c(=O)n2C(N)=C(C#N)C1c1cccc([N+](=O)[O-])c1. The molecule has 2 heterocycles. The van der Waals surface area contributed by atoms with Crippen LogP contribution in [0.3, 0.4) is 0 Å². The molecule has 1 aliphatic heterocycles. The molecule has 2 aromatic carbocycles. The number of nitrogens with one attached hydrogen (secondary N) is 1. The number of non-ortho nitro benzene ring substituents is 2. The average Bonchev–Trinajstić information content (AvgIpc) is 3.22. The normalized spacial score (nSPS) is 15.1. The highest BCUT2D eigenvalue weighted by Gasteiger charge is 2.36. The number of nitro groups is 2. The first-order valence-corrected chi connectivity index (χ1v) is 12.1. The maximum atomic E-state index is 13.4. The summed E-state index contributed by atoms with van der Waals surface area (Å²) >= 11 is 0.936. The second kappa shape index (κ2) is 10.5. The summed E-state index contributed by atoms with van der Waals surface area (Å²) in [7, 11) is 0. The van der Waals surface area contributed by atoms with Crippen LogP contribution in [0.15, 0.2) is 58.9 Å².